The Morgan fingerprint density at radius 3 is 2.51 bits per heavy atom. The van der Waals surface area contributed by atoms with Gasteiger partial charge in [-0.3, -0.25) is 9.36 Å². The van der Waals surface area contributed by atoms with Crippen molar-refractivity contribution in [3.63, 3.8) is 0 Å². The van der Waals surface area contributed by atoms with Gasteiger partial charge in [0.1, 0.15) is 0 Å². The minimum Gasteiger partial charge on any atom is -0.494 e. The number of methoxy groups -OCH3 is 1. The van der Waals surface area contributed by atoms with Crippen LogP contribution >= 0.6 is 0 Å². The summed E-state index contributed by atoms with van der Waals surface area (Å²) in [5.41, 5.74) is 0.511. The first-order valence-corrected chi connectivity index (χ1v) is 13.4. The smallest absolute Gasteiger partial charge is 0.281 e. The van der Waals surface area contributed by atoms with Crippen LogP contribution in [0.2, 0.25) is 0 Å². The van der Waals surface area contributed by atoms with Crippen molar-refractivity contribution in [1.82, 2.24) is 8.87 Å². The average Bonchev–Trinajstić information content (AvgIpc) is 2.91. The Kier molecular flexibility index (Phi) is 10.3. The highest BCUT2D eigenvalue weighted by Gasteiger charge is 2.30. The molecule has 0 saturated carbocycles. The maximum Gasteiger partial charge on any atom is 0.281 e. The van der Waals surface area contributed by atoms with Crippen LogP contribution in [0.25, 0.3) is 0 Å². The van der Waals surface area contributed by atoms with Gasteiger partial charge in [-0.2, -0.15) is 9.42 Å². The molecular weight excluding hydrogens is 504 g/mol. The zero-order valence-corrected chi connectivity index (χ0v) is 21.9. The van der Waals surface area contributed by atoms with Crippen molar-refractivity contribution < 1.29 is 33.2 Å². The zero-order chi connectivity index (χ0) is 27.0. The molecule has 0 radical (unpaired) electrons. The lowest BCUT2D eigenvalue weighted by molar-refractivity contribution is 0.0853. The van der Waals surface area contributed by atoms with Gasteiger partial charge in [-0.15, -0.1) is 5.11 Å². The predicted molar refractivity (Wildman–Crippen MR) is 135 cm³/mol. The number of aliphatic hydroxyl groups excluding tert-OH is 2. The van der Waals surface area contributed by atoms with Gasteiger partial charge in [-0.25, -0.2) is 8.42 Å². The first-order chi connectivity index (χ1) is 17.7. The van der Waals surface area contributed by atoms with Crippen molar-refractivity contribution in [2.75, 3.05) is 46.6 Å². The minimum absolute atomic E-state index is 0.0145. The largest absolute Gasteiger partial charge is 0.494 e. The number of nitrogens with zero attached hydrogens (tertiary/aromatic N) is 4. The third-order valence-electron chi connectivity index (χ3n) is 6.24. The number of hydrogen-bond donors (Lipinski definition) is 3. The second-order valence-electron chi connectivity index (χ2n) is 8.75. The summed E-state index contributed by atoms with van der Waals surface area (Å²) < 4.78 is 38.9. The number of rotatable bonds is 12. The first kappa shape index (κ1) is 28.9. The van der Waals surface area contributed by atoms with Crippen LogP contribution < -0.4 is 5.56 Å². The second kappa shape index (κ2) is 13.2. The van der Waals surface area contributed by atoms with E-state index in [0.29, 0.717) is 29.8 Å². The SMILES string of the molecule is COCc1c(C)c(O)n(CCOCCO)c(=O)c1N=Nc1ccc(S(=O)(=O)N2CCCC(CO)C2)cc1. The van der Waals surface area contributed by atoms with E-state index in [4.69, 9.17) is 14.6 Å². The highest BCUT2D eigenvalue weighted by molar-refractivity contribution is 7.89. The predicted octanol–water partition coefficient (Wildman–Crippen LogP) is 1.83. The van der Waals surface area contributed by atoms with Crippen LogP contribution in [-0.2, 0) is 32.6 Å². The molecule has 1 saturated heterocycles. The van der Waals surface area contributed by atoms with Crippen molar-refractivity contribution >= 4 is 21.4 Å². The summed E-state index contributed by atoms with van der Waals surface area (Å²) in [5, 5.41) is 37.1. The first-order valence-electron chi connectivity index (χ1n) is 12.0. The summed E-state index contributed by atoms with van der Waals surface area (Å²) in [4.78, 5) is 13.2. The lowest BCUT2D eigenvalue weighted by Crippen LogP contribution is -2.40. The molecule has 12 nitrogen and oxygen atoms in total. The van der Waals surface area contributed by atoms with E-state index in [9.17, 15) is 23.4 Å². The summed E-state index contributed by atoms with van der Waals surface area (Å²) in [6.45, 7) is 2.37. The Labute approximate surface area is 215 Å². The van der Waals surface area contributed by atoms with Crippen LogP contribution in [0.15, 0.2) is 44.2 Å². The molecule has 1 atom stereocenters. The van der Waals surface area contributed by atoms with Gasteiger partial charge >= 0.3 is 0 Å². The fourth-order valence-corrected chi connectivity index (χ4v) is 5.71. The van der Waals surface area contributed by atoms with Crippen LogP contribution in [0.3, 0.4) is 0 Å². The number of aromatic hydroxyl groups is 1. The number of azo groups is 1. The molecule has 2 aromatic rings. The van der Waals surface area contributed by atoms with Gasteiger partial charge in [0.2, 0.25) is 10.0 Å². The molecule has 0 bridgehead atoms. The van der Waals surface area contributed by atoms with Gasteiger partial charge in [0, 0.05) is 37.9 Å². The lowest BCUT2D eigenvalue weighted by Gasteiger charge is -2.30. The van der Waals surface area contributed by atoms with Crippen LogP contribution in [0, 0.1) is 12.8 Å². The number of hydrogen-bond acceptors (Lipinski definition) is 10. The maximum atomic E-state index is 13.1. The number of aromatic nitrogens is 1. The maximum absolute atomic E-state index is 13.1. The summed E-state index contributed by atoms with van der Waals surface area (Å²) >= 11 is 0. The van der Waals surface area contributed by atoms with Crippen LogP contribution in [0.4, 0.5) is 11.4 Å². The summed E-state index contributed by atoms with van der Waals surface area (Å²) in [6.07, 6.45) is 1.48. The quantitative estimate of drug-likeness (QED) is 0.272. The minimum atomic E-state index is -3.71. The molecule has 1 unspecified atom stereocenters. The molecule has 13 heteroatoms. The molecule has 37 heavy (non-hydrogen) atoms. The van der Waals surface area contributed by atoms with Crippen molar-refractivity contribution in [1.29, 1.82) is 0 Å². The molecular formula is C24H34N4O8S. The molecule has 204 valence electrons. The molecule has 1 aliphatic heterocycles. The Morgan fingerprint density at radius 1 is 1.14 bits per heavy atom. The molecule has 1 fully saturated rings. The third kappa shape index (κ3) is 6.80. The normalized spacial score (nSPS) is 17.0. The van der Waals surface area contributed by atoms with Crippen LogP contribution in [-0.4, -0.2) is 79.2 Å². The van der Waals surface area contributed by atoms with Gasteiger partial charge < -0.3 is 24.8 Å². The number of benzene rings is 1. The van der Waals surface area contributed by atoms with Crippen molar-refractivity contribution in [3.05, 3.63) is 45.7 Å². The van der Waals surface area contributed by atoms with Gasteiger partial charge in [0.05, 0.1) is 43.6 Å². The number of aliphatic hydroxyl groups is 2. The van der Waals surface area contributed by atoms with Crippen LogP contribution in [0.1, 0.15) is 24.0 Å². The van der Waals surface area contributed by atoms with E-state index in [1.54, 1.807) is 6.92 Å². The molecule has 3 N–H and O–H groups in total. The van der Waals surface area contributed by atoms with E-state index in [1.807, 2.05) is 0 Å². The molecule has 0 amide bonds. The highest BCUT2D eigenvalue weighted by atomic mass is 32.2. The molecule has 1 aromatic heterocycles. The van der Waals surface area contributed by atoms with Gasteiger partial charge in [-0.05, 0) is 49.9 Å². The molecule has 0 aliphatic carbocycles. The molecule has 3 rings (SSSR count). The van der Waals surface area contributed by atoms with Gasteiger partial charge in [0.15, 0.2) is 11.6 Å². The number of ether oxygens (including phenoxy) is 2. The van der Waals surface area contributed by atoms with E-state index < -0.39 is 15.6 Å². The van der Waals surface area contributed by atoms with Crippen molar-refractivity contribution in [3.8, 4) is 5.88 Å². The van der Waals surface area contributed by atoms with Gasteiger partial charge in [0.25, 0.3) is 5.56 Å². The summed E-state index contributed by atoms with van der Waals surface area (Å²) in [6, 6.07) is 5.85. The standard InChI is InChI=1S/C24H34N4O8S/c1-17-21(16-35-2)22(24(32)28(23(17)31)10-12-36-13-11-29)26-25-19-5-7-20(8-6-19)37(33,34)27-9-3-4-18(14-27)15-30/h5-8,18,29-31H,3-4,9-16H2,1-2H3. The fraction of sp³-hybridized carbons (Fsp3) is 0.542. The average molecular weight is 539 g/mol. The number of piperidine rings is 1. The summed E-state index contributed by atoms with van der Waals surface area (Å²) in [5.74, 6) is -0.309. The van der Waals surface area contributed by atoms with E-state index in [0.717, 1.165) is 11.0 Å². The van der Waals surface area contributed by atoms with E-state index >= 15 is 0 Å². The Bertz CT molecular complexity index is 1240. The molecule has 2 heterocycles. The number of sulfonamides is 1. The highest BCUT2D eigenvalue weighted by Crippen LogP contribution is 2.29. The van der Waals surface area contributed by atoms with Crippen LogP contribution in [0.5, 0.6) is 5.88 Å². The fourth-order valence-electron chi connectivity index (χ4n) is 4.16. The summed E-state index contributed by atoms with van der Waals surface area (Å²) in [7, 11) is -2.26. The van der Waals surface area contributed by atoms with E-state index in [2.05, 4.69) is 10.2 Å². The third-order valence-corrected chi connectivity index (χ3v) is 8.12. The van der Waals surface area contributed by atoms with Gasteiger partial charge in [-0.1, -0.05) is 0 Å². The van der Waals surface area contributed by atoms with E-state index in [1.165, 1.54) is 35.7 Å². The Hall–Kier alpha value is -2.68. The second-order valence-corrected chi connectivity index (χ2v) is 10.7. The van der Waals surface area contributed by atoms with E-state index in [-0.39, 0.29) is 68.5 Å². The van der Waals surface area contributed by atoms with Crippen molar-refractivity contribution in [2.45, 2.75) is 37.8 Å². The Morgan fingerprint density at radius 2 is 1.86 bits per heavy atom. The molecule has 1 aliphatic rings. The number of pyridine rings is 1. The Balaban J connectivity index is 1.87. The zero-order valence-electron chi connectivity index (χ0n) is 21.0. The lowest BCUT2D eigenvalue weighted by atomic mass is 10.0. The topological polar surface area (TPSA) is 163 Å². The molecule has 0 spiro atoms. The van der Waals surface area contributed by atoms with Crippen molar-refractivity contribution in [2.24, 2.45) is 16.1 Å². The monoisotopic (exact) mass is 538 g/mol. The molecule has 1 aromatic carbocycles.